The molecule has 2 rings (SSSR count). The molecule has 0 heterocycles. The van der Waals surface area contributed by atoms with Crippen molar-refractivity contribution in [3.63, 3.8) is 0 Å². The van der Waals surface area contributed by atoms with Crippen LogP contribution in [0.2, 0.25) is 0 Å². The number of nitrogens with two attached hydrogens (primary N) is 1. The summed E-state index contributed by atoms with van der Waals surface area (Å²) in [6, 6.07) is 10.4. The minimum Gasteiger partial charge on any atom is -0.384 e. The first-order valence-electron chi connectivity index (χ1n) is 6.40. The summed E-state index contributed by atoms with van der Waals surface area (Å²) in [6.07, 6.45) is 0.816. The van der Waals surface area contributed by atoms with Gasteiger partial charge >= 0.3 is 0 Å². The van der Waals surface area contributed by atoms with Crippen LogP contribution in [-0.2, 0) is 11.2 Å². The van der Waals surface area contributed by atoms with Gasteiger partial charge in [-0.15, -0.1) is 0 Å². The predicted octanol–water partition coefficient (Wildman–Crippen LogP) is 3.20. The number of methoxy groups -OCH3 is 1. The van der Waals surface area contributed by atoms with E-state index in [1.807, 2.05) is 24.3 Å². The third-order valence-corrected chi connectivity index (χ3v) is 3.23. The Balaban J connectivity index is 2.18. The zero-order valence-electron chi connectivity index (χ0n) is 11.3. The smallest absolute Gasteiger partial charge is 0.131 e. The molecule has 0 aromatic heterocycles. The quantitative estimate of drug-likeness (QED) is 0.911. The van der Waals surface area contributed by atoms with Gasteiger partial charge in [0.1, 0.15) is 11.6 Å². The molecule has 2 N–H and O–H groups in total. The molecule has 0 aliphatic heterocycles. The summed E-state index contributed by atoms with van der Waals surface area (Å²) in [5.41, 5.74) is 8.23. The first-order chi connectivity index (χ1) is 9.61. The van der Waals surface area contributed by atoms with Crippen molar-refractivity contribution in [3.8, 4) is 0 Å². The highest BCUT2D eigenvalue weighted by molar-refractivity contribution is 5.34. The van der Waals surface area contributed by atoms with Crippen molar-refractivity contribution in [1.29, 1.82) is 0 Å². The van der Waals surface area contributed by atoms with Gasteiger partial charge in [-0.1, -0.05) is 30.3 Å². The van der Waals surface area contributed by atoms with Gasteiger partial charge in [-0.25, -0.2) is 8.78 Å². The highest BCUT2D eigenvalue weighted by atomic mass is 19.1. The van der Waals surface area contributed by atoms with E-state index in [4.69, 9.17) is 10.5 Å². The molecule has 106 valence electrons. The Labute approximate surface area is 117 Å². The molecule has 1 atom stereocenters. The van der Waals surface area contributed by atoms with Crippen LogP contribution in [0.15, 0.2) is 42.5 Å². The molecule has 0 saturated carbocycles. The highest BCUT2D eigenvalue weighted by Crippen LogP contribution is 2.23. The molecule has 20 heavy (non-hydrogen) atoms. The molecule has 0 fully saturated rings. The summed E-state index contributed by atoms with van der Waals surface area (Å²) in [4.78, 5) is 0. The van der Waals surface area contributed by atoms with Crippen molar-refractivity contribution >= 4 is 0 Å². The molecule has 2 aromatic rings. The molecule has 2 nitrogen and oxygen atoms in total. The number of benzene rings is 2. The predicted molar refractivity (Wildman–Crippen MR) is 74.4 cm³/mol. The van der Waals surface area contributed by atoms with E-state index in [2.05, 4.69) is 0 Å². The fraction of sp³-hybridized carbons (Fsp3) is 0.250. The summed E-state index contributed by atoms with van der Waals surface area (Å²) < 4.78 is 31.6. The molecule has 0 saturated heterocycles. The number of halogens is 2. The van der Waals surface area contributed by atoms with E-state index in [1.54, 1.807) is 7.11 Å². The average Bonchev–Trinajstić information content (AvgIpc) is 2.45. The lowest BCUT2D eigenvalue weighted by atomic mass is 9.97. The second-order valence-corrected chi connectivity index (χ2v) is 4.63. The van der Waals surface area contributed by atoms with E-state index in [-0.39, 0.29) is 5.56 Å². The van der Waals surface area contributed by atoms with E-state index in [0.29, 0.717) is 6.61 Å². The van der Waals surface area contributed by atoms with Crippen LogP contribution in [0.1, 0.15) is 22.7 Å². The number of rotatable bonds is 5. The van der Waals surface area contributed by atoms with Crippen LogP contribution < -0.4 is 5.73 Å². The molecular weight excluding hydrogens is 260 g/mol. The molecule has 2 aromatic carbocycles. The second kappa shape index (κ2) is 6.59. The third-order valence-electron chi connectivity index (χ3n) is 3.23. The molecule has 4 heteroatoms. The van der Waals surface area contributed by atoms with Crippen LogP contribution in [-0.4, -0.2) is 13.7 Å². The summed E-state index contributed by atoms with van der Waals surface area (Å²) in [5.74, 6) is -1.23. The minimum atomic E-state index is -0.624. The maximum atomic E-state index is 13.7. The van der Waals surface area contributed by atoms with E-state index < -0.39 is 17.7 Å². The van der Waals surface area contributed by atoms with Crippen molar-refractivity contribution in [2.45, 2.75) is 12.5 Å². The monoisotopic (exact) mass is 277 g/mol. The van der Waals surface area contributed by atoms with Crippen molar-refractivity contribution in [3.05, 3.63) is 70.8 Å². The fourth-order valence-electron chi connectivity index (χ4n) is 2.04. The molecule has 1 unspecified atom stereocenters. The Kier molecular flexibility index (Phi) is 4.82. The lowest BCUT2D eigenvalue weighted by Crippen LogP contribution is -2.13. The maximum absolute atomic E-state index is 13.7. The number of ether oxygens (including phenoxy) is 1. The lowest BCUT2D eigenvalue weighted by molar-refractivity contribution is 0.202. The molecule has 0 aliphatic rings. The Bertz CT molecular complexity index is 569. The topological polar surface area (TPSA) is 35.2 Å². The third kappa shape index (κ3) is 3.40. The molecule has 0 amide bonds. The van der Waals surface area contributed by atoms with Crippen LogP contribution in [0.5, 0.6) is 0 Å². The standard InChI is InChI=1S/C16H17F2NO/c1-20-9-8-11-2-4-12(5-3-11)16(19)14-7-6-13(17)10-15(14)18/h2-7,10,16H,8-9,19H2,1H3. The van der Waals surface area contributed by atoms with Gasteiger partial charge in [0.25, 0.3) is 0 Å². The average molecular weight is 277 g/mol. The van der Waals surface area contributed by atoms with Crippen LogP contribution >= 0.6 is 0 Å². The van der Waals surface area contributed by atoms with E-state index in [0.717, 1.165) is 23.6 Å². The van der Waals surface area contributed by atoms with E-state index in [9.17, 15) is 8.78 Å². The van der Waals surface area contributed by atoms with Crippen molar-refractivity contribution < 1.29 is 13.5 Å². The maximum Gasteiger partial charge on any atom is 0.131 e. The van der Waals surface area contributed by atoms with Gasteiger partial charge in [0.05, 0.1) is 12.6 Å². The Hall–Kier alpha value is -1.78. The van der Waals surface area contributed by atoms with Crippen molar-refractivity contribution in [2.75, 3.05) is 13.7 Å². The normalized spacial score (nSPS) is 12.4. The number of hydrogen-bond donors (Lipinski definition) is 1. The Morgan fingerprint density at radius 3 is 2.40 bits per heavy atom. The first-order valence-corrected chi connectivity index (χ1v) is 6.40. The summed E-state index contributed by atoms with van der Waals surface area (Å²) in [6.45, 7) is 0.651. The van der Waals surface area contributed by atoms with E-state index in [1.165, 1.54) is 12.1 Å². The zero-order valence-corrected chi connectivity index (χ0v) is 11.3. The molecule has 0 bridgehead atoms. The summed E-state index contributed by atoms with van der Waals surface area (Å²) in [5, 5.41) is 0. The minimum absolute atomic E-state index is 0.288. The Morgan fingerprint density at radius 1 is 1.10 bits per heavy atom. The first kappa shape index (κ1) is 14.6. The summed E-state index contributed by atoms with van der Waals surface area (Å²) in [7, 11) is 1.65. The SMILES string of the molecule is COCCc1ccc(C(N)c2ccc(F)cc2F)cc1. The van der Waals surface area contributed by atoms with Crippen LogP contribution in [0.3, 0.4) is 0 Å². The van der Waals surface area contributed by atoms with Gasteiger partial charge in [-0.05, 0) is 23.6 Å². The van der Waals surface area contributed by atoms with Gasteiger partial charge in [-0.2, -0.15) is 0 Å². The van der Waals surface area contributed by atoms with E-state index >= 15 is 0 Å². The Morgan fingerprint density at radius 2 is 1.80 bits per heavy atom. The van der Waals surface area contributed by atoms with Crippen LogP contribution in [0.4, 0.5) is 8.78 Å². The van der Waals surface area contributed by atoms with Crippen LogP contribution in [0.25, 0.3) is 0 Å². The van der Waals surface area contributed by atoms with Gasteiger partial charge in [0.2, 0.25) is 0 Å². The molecular formula is C16H17F2NO. The summed E-state index contributed by atoms with van der Waals surface area (Å²) >= 11 is 0. The fourth-order valence-corrected chi connectivity index (χ4v) is 2.04. The number of hydrogen-bond acceptors (Lipinski definition) is 2. The van der Waals surface area contributed by atoms with Crippen molar-refractivity contribution in [1.82, 2.24) is 0 Å². The van der Waals surface area contributed by atoms with Crippen LogP contribution in [0, 0.1) is 11.6 Å². The molecule has 0 radical (unpaired) electrons. The van der Waals surface area contributed by atoms with Gasteiger partial charge in [0, 0.05) is 18.7 Å². The van der Waals surface area contributed by atoms with Gasteiger partial charge < -0.3 is 10.5 Å². The molecule has 0 aliphatic carbocycles. The largest absolute Gasteiger partial charge is 0.384 e. The van der Waals surface area contributed by atoms with Gasteiger partial charge in [0.15, 0.2) is 0 Å². The lowest BCUT2D eigenvalue weighted by Gasteiger charge is -2.14. The highest BCUT2D eigenvalue weighted by Gasteiger charge is 2.14. The molecule has 0 spiro atoms. The second-order valence-electron chi connectivity index (χ2n) is 4.63. The van der Waals surface area contributed by atoms with Crippen molar-refractivity contribution in [2.24, 2.45) is 5.73 Å². The van der Waals surface area contributed by atoms with Gasteiger partial charge in [-0.3, -0.25) is 0 Å². The zero-order chi connectivity index (χ0) is 14.5.